The van der Waals surface area contributed by atoms with Crippen LogP contribution in [0.25, 0.3) is 0 Å². The SMILES string of the molecule is CCC(C)(C)NCCCN(C)CCCNC(C)(C)CC. The number of hydrogen-bond acceptors (Lipinski definition) is 3. The highest BCUT2D eigenvalue weighted by Crippen LogP contribution is 2.07. The Hall–Kier alpha value is -0.120. The quantitative estimate of drug-likeness (QED) is 0.539. The minimum Gasteiger partial charge on any atom is -0.312 e. The van der Waals surface area contributed by atoms with Crippen molar-refractivity contribution >= 4 is 0 Å². The molecule has 122 valence electrons. The molecule has 3 nitrogen and oxygen atoms in total. The molecule has 0 saturated carbocycles. The van der Waals surface area contributed by atoms with Crippen molar-refractivity contribution in [3.05, 3.63) is 0 Å². The second kappa shape index (κ2) is 9.75. The molecular formula is C17H39N3. The van der Waals surface area contributed by atoms with E-state index in [1.807, 2.05) is 0 Å². The maximum atomic E-state index is 3.62. The summed E-state index contributed by atoms with van der Waals surface area (Å²) >= 11 is 0. The van der Waals surface area contributed by atoms with Gasteiger partial charge in [0.1, 0.15) is 0 Å². The van der Waals surface area contributed by atoms with Crippen molar-refractivity contribution in [1.82, 2.24) is 15.5 Å². The van der Waals surface area contributed by atoms with Crippen molar-refractivity contribution in [1.29, 1.82) is 0 Å². The van der Waals surface area contributed by atoms with E-state index in [0.29, 0.717) is 0 Å². The molecule has 0 aromatic heterocycles. The summed E-state index contributed by atoms with van der Waals surface area (Å²) in [5.41, 5.74) is 0.572. The molecule has 0 fully saturated rings. The van der Waals surface area contributed by atoms with Gasteiger partial charge in [0.25, 0.3) is 0 Å². The van der Waals surface area contributed by atoms with Crippen LogP contribution in [0.15, 0.2) is 0 Å². The van der Waals surface area contributed by atoms with Crippen molar-refractivity contribution in [2.45, 2.75) is 78.3 Å². The topological polar surface area (TPSA) is 27.3 Å². The summed E-state index contributed by atoms with van der Waals surface area (Å²) in [6.07, 6.45) is 4.82. The van der Waals surface area contributed by atoms with E-state index in [1.54, 1.807) is 0 Å². The minimum absolute atomic E-state index is 0.286. The summed E-state index contributed by atoms with van der Waals surface area (Å²) in [7, 11) is 2.23. The number of hydrogen-bond donors (Lipinski definition) is 2. The van der Waals surface area contributed by atoms with Gasteiger partial charge in [-0.25, -0.2) is 0 Å². The highest BCUT2D eigenvalue weighted by atomic mass is 15.1. The fourth-order valence-corrected chi connectivity index (χ4v) is 1.91. The van der Waals surface area contributed by atoms with Crippen LogP contribution in [0.1, 0.15) is 67.2 Å². The zero-order valence-corrected chi connectivity index (χ0v) is 15.1. The Morgan fingerprint density at radius 3 is 1.40 bits per heavy atom. The number of nitrogens with one attached hydrogen (secondary N) is 2. The van der Waals surface area contributed by atoms with Crippen LogP contribution in [0.4, 0.5) is 0 Å². The van der Waals surface area contributed by atoms with Crippen LogP contribution in [-0.2, 0) is 0 Å². The predicted octanol–water partition coefficient (Wildman–Crippen LogP) is 3.25. The fourth-order valence-electron chi connectivity index (χ4n) is 1.91. The van der Waals surface area contributed by atoms with Gasteiger partial charge in [0.05, 0.1) is 0 Å². The summed E-state index contributed by atoms with van der Waals surface area (Å²) in [6.45, 7) is 18.2. The molecule has 0 saturated heterocycles. The molecule has 0 atom stereocenters. The largest absolute Gasteiger partial charge is 0.312 e. The smallest absolute Gasteiger partial charge is 0.0122 e. The Morgan fingerprint density at radius 1 is 0.750 bits per heavy atom. The van der Waals surface area contributed by atoms with Crippen molar-refractivity contribution in [2.75, 3.05) is 33.2 Å². The molecule has 0 unspecified atom stereocenters. The second-order valence-corrected chi connectivity index (χ2v) is 7.34. The lowest BCUT2D eigenvalue weighted by Crippen LogP contribution is -2.40. The Morgan fingerprint density at radius 2 is 1.10 bits per heavy atom. The average molecular weight is 286 g/mol. The number of nitrogens with zero attached hydrogens (tertiary/aromatic N) is 1. The molecule has 0 rings (SSSR count). The third-order valence-electron chi connectivity index (χ3n) is 4.41. The van der Waals surface area contributed by atoms with E-state index in [4.69, 9.17) is 0 Å². The molecule has 2 N–H and O–H groups in total. The van der Waals surface area contributed by atoms with Crippen molar-refractivity contribution in [3.8, 4) is 0 Å². The van der Waals surface area contributed by atoms with E-state index < -0.39 is 0 Å². The third kappa shape index (κ3) is 10.6. The highest BCUT2D eigenvalue weighted by Gasteiger charge is 2.13. The Kier molecular flexibility index (Phi) is 9.69. The Labute approximate surface area is 127 Å². The first kappa shape index (κ1) is 19.9. The summed E-state index contributed by atoms with van der Waals surface area (Å²) < 4.78 is 0. The van der Waals surface area contributed by atoms with Crippen LogP contribution < -0.4 is 10.6 Å². The Bertz CT molecular complexity index is 212. The van der Waals surface area contributed by atoms with Gasteiger partial charge in [-0.3, -0.25) is 0 Å². The van der Waals surface area contributed by atoms with Gasteiger partial charge in [-0.1, -0.05) is 13.8 Å². The fraction of sp³-hybridized carbons (Fsp3) is 1.00. The molecular weight excluding hydrogens is 246 g/mol. The first-order chi connectivity index (χ1) is 9.22. The molecule has 3 heteroatoms. The molecule has 0 aromatic rings. The number of rotatable bonds is 12. The molecule has 0 heterocycles. The molecule has 0 amide bonds. The van der Waals surface area contributed by atoms with Crippen LogP contribution in [0.3, 0.4) is 0 Å². The van der Waals surface area contributed by atoms with Crippen LogP contribution >= 0.6 is 0 Å². The predicted molar refractivity (Wildman–Crippen MR) is 91.5 cm³/mol. The van der Waals surface area contributed by atoms with Gasteiger partial charge in [0.2, 0.25) is 0 Å². The summed E-state index contributed by atoms with van der Waals surface area (Å²) in [6, 6.07) is 0. The lowest BCUT2D eigenvalue weighted by atomic mass is 10.0. The van der Waals surface area contributed by atoms with E-state index in [-0.39, 0.29) is 11.1 Å². The zero-order valence-electron chi connectivity index (χ0n) is 15.1. The maximum Gasteiger partial charge on any atom is 0.0122 e. The van der Waals surface area contributed by atoms with E-state index in [9.17, 15) is 0 Å². The van der Waals surface area contributed by atoms with Gasteiger partial charge in [-0.2, -0.15) is 0 Å². The van der Waals surface area contributed by atoms with Gasteiger partial charge in [-0.05, 0) is 86.6 Å². The third-order valence-corrected chi connectivity index (χ3v) is 4.41. The van der Waals surface area contributed by atoms with Gasteiger partial charge in [0, 0.05) is 11.1 Å². The van der Waals surface area contributed by atoms with Crippen LogP contribution in [0.5, 0.6) is 0 Å². The lowest BCUT2D eigenvalue weighted by molar-refractivity contribution is 0.295. The maximum absolute atomic E-state index is 3.62. The lowest BCUT2D eigenvalue weighted by Gasteiger charge is -2.26. The van der Waals surface area contributed by atoms with E-state index in [0.717, 1.165) is 13.1 Å². The molecule has 20 heavy (non-hydrogen) atoms. The summed E-state index contributed by atoms with van der Waals surface area (Å²) in [5.74, 6) is 0. The van der Waals surface area contributed by atoms with Crippen LogP contribution in [0.2, 0.25) is 0 Å². The highest BCUT2D eigenvalue weighted by molar-refractivity contribution is 4.76. The molecule has 0 radical (unpaired) electrons. The zero-order chi connectivity index (χ0) is 15.6. The minimum atomic E-state index is 0.286. The van der Waals surface area contributed by atoms with E-state index in [2.05, 4.69) is 64.1 Å². The van der Waals surface area contributed by atoms with Crippen LogP contribution in [-0.4, -0.2) is 49.2 Å². The molecule has 0 aromatic carbocycles. The molecule has 0 aliphatic rings. The van der Waals surface area contributed by atoms with E-state index >= 15 is 0 Å². The molecule has 0 bridgehead atoms. The van der Waals surface area contributed by atoms with Gasteiger partial charge >= 0.3 is 0 Å². The molecule has 0 aliphatic heterocycles. The standard InChI is InChI=1S/C17H39N3/c1-8-16(3,4)18-12-10-14-20(7)15-11-13-19-17(5,6)9-2/h18-19H,8-15H2,1-7H3. The first-order valence-electron chi connectivity index (χ1n) is 8.41. The van der Waals surface area contributed by atoms with Crippen molar-refractivity contribution in [3.63, 3.8) is 0 Å². The van der Waals surface area contributed by atoms with Gasteiger partial charge in [-0.15, -0.1) is 0 Å². The molecule has 0 spiro atoms. The summed E-state index contributed by atoms with van der Waals surface area (Å²) in [5, 5.41) is 7.24. The normalized spacial score (nSPS) is 13.2. The monoisotopic (exact) mass is 285 g/mol. The molecule has 0 aliphatic carbocycles. The van der Waals surface area contributed by atoms with Gasteiger partial charge in [0.15, 0.2) is 0 Å². The Balaban J connectivity index is 3.53. The first-order valence-corrected chi connectivity index (χ1v) is 8.41. The van der Waals surface area contributed by atoms with Crippen molar-refractivity contribution < 1.29 is 0 Å². The van der Waals surface area contributed by atoms with Crippen molar-refractivity contribution in [2.24, 2.45) is 0 Å². The summed E-state index contributed by atoms with van der Waals surface area (Å²) in [4.78, 5) is 2.45. The van der Waals surface area contributed by atoms with Gasteiger partial charge < -0.3 is 15.5 Å². The second-order valence-electron chi connectivity index (χ2n) is 7.34. The average Bonchev–Trinajstić information content (AvgIpc) is 2.40. The van der Waals surface area contributed by atoms with E-state index in [1.165, 1.54) is 38.8 Å². The van der Waals surface area contributed by atoms with Crippen LogP contribution in [0, 0.1) is 0 Å².